The Kier molecular flexibility index (Phi) is 3.35. The van der Waals surface area contributed by atoms with Crippen molar-refractivity contribution in [2.24, 2.45) is 0 Å². The molecule has 3 rings (SSSR count). The third-order valence-electron chi connectivity index (χ3n) is 3.15. The van der Waals surface area contributed by atoms with Crippen molar-refractivity contribution >= 4 is 5.69 Å². The van der Waals surface area contributed by atoms with Crippen LogP contribution in [0.2, 0.25) is 0 Å². The van der Waals surface area contributed by atoms with Crippen LogP contribution in [0.1, 0.15) is 11.3 Å². The van der Waals surface area contributed by atoms with Crippen molar-refractivity contribution in [3.05, 3.63) is 59.9 Å². The molecule has 0 saturated heterocycles. The van der Waals surface area contributed by atoms with Gasteiger partial charge in [0, 0.05) is 18.6 Å². The fourth-order valence-electron chi connectivity index (χ4n) is 2.12. The first-order valence-corrected chi connectivity index (χ1v) is 6.49. The fourth-order valence-corrected chi connectivity index (χ4v) is 2.12. The third kappa shape index (κ3) is 2.74. The smallest absolute Gasteiger partial charge is 0.135 e. The number of hydrogen-bond donors (Lipinski definition) is 1. The maximum Gasteiger partial charge on any atom is 0.135 e. The molecule has 1 aromatic carbocycles. The molecule has 21 heavy (non-hydrogen) atoms. The third-order valence-corrected chi connectivity index (χ3v) is 3.15. The molecule has 0 unspecified atom stereocenters. The number of rotatable bonds is 3. The molecule has 2 N–H and O–H groups in total. The summed E-state index contributed by atoms with van der Waals surface area (Å²) < 4.78 is 14.6. The van der Waals surface area contributed by atoms with Crippen LogP contribution in [0, 0.1) is 12.7 Å². The summed E-state index contributed by atoms with van der Waals surface area (Å²) in [5.74, 6) is -0.255. The van der Waals surface area contributed by atoms with Crippen LogP contribution in [0.4, 0.5) is 10.1 Å². The van der Waals surface area contributed by atoms with E-state index in [1.807, 2.05) is 6.92 Å². The maximum absolute atomic E-state index is 12.9. The van der Waals surface area contributed by atoms with E-state index in [-0.39, 0.29) is 5.82 Å². The molecule has 0 radical (unpaired) electrons. The molecular formula is C15H14FN5. The Hall–Kier alpha value is -2.76. The second kappa shape index (κ2) is 5.32. The van der Waals surface area contributed by atoms with Crippen LogP contribution in [0.5, 0.6) is 0 Å². The Balaban J connectivity index is 1.91. The number of nitrogens with zero attached hydrogens (tertiary/aromatic N) is 4. The molecule has 5 nitrogen and oxygen atoms in total. The maximum atomic E-state index is 12.9. The standard InChI is InChI=1S/C15H14FN5/c1-10-14(19-7-6-18-10)15-13(17)9-21(20-15)8-11-2-4-12(16)5-3-11/h2-7,9H,8,17H2,1H3. The highest BCUT2D eigenvalue weighted by Gasteiger charge is 2.13. The Bertz CT molecular complexity index is 764. The molecule has 0 amide bonds. The van der Waals surface area contributed by atoms with Gasteiger partial charge in [-0.2, -0.15) is 5.10 Å². The van der Waals surface area contributed by atoms with Crippen LogP contribution in [0.25, 0.3) is 11.4 Å². The summed E-state index contributed by atoms with van der Waals surface area (Å²) in [5, 5.41) is 4.45. The van der Waals surface area contributed by atoms with Gasteiger partial charge in [0.15, 0.2) is 0 Å². The van der Waals surface area contributed by atoms with E-state index in [1.54, 1.807) is 35.4 Å². The summed E-state index contributed by atoms with van der Waals surface area (Å²) >= 11 is 0. The first-order chi connectivity index (χ1) is 10.1. The fraction of sp³-hybridized carbons (Fsp3) is 0.133. The van der Waals surface area contributed by atoms with Gasteiger partial charge in [0.25, 0.3) is 0 Å². The summed E-state index contributed by atoms with van der Waals surface area (Å²) in [5.41, 5.74) is 9.56. The predicted octanol–water partition coefficient (Wildman–Crippen LogP) is 2.42. The molecule has 6 heteroatoms. The normalized spacial score (nSPS) is 10.8. The van der Waals surface area contributed by atoms with E-state index in [0.29, 0.717) is 23.6 Å². The van der Waals surface area contributed by atoms with Gasteiger partial charge in [0.1, 0.15) is 17.2 Å². The Morgan fingerprint density at radius 3 is 2.52 bits per heavy atom. The average molecular weight is 283 g/mol. The van der Waals surface area contributed by atoms with Crippen molar-refractivity contribution in [1.82, 2.24) is 19.7 Å². The van der Waals surface area contributed by atoms with Crippen LogP contribution >= 0.6 is 0 Å². The van der Waals surface area contributed by atoms with Gasteiger partial charge in [-0.15, -0.1) is 0 Å². The van der Waals surface area contributed by atoms with Gasteiger partial charge >= 0.3 is 0 Å². The van der Waals surface area contributed by atoms with Gasteiger partial charge in [0.05, 0.1) is 17.9 Å². The lowest BCUT2D eigenvalue weighted by Crippen LogP contribution is -2.01. The van der Waals surface area contributed by atoms with Crippen molar-refractivity contribution in [3.63, 3.8) is 0 Å². The molecular weight excluding hydrogens is 269 g/mol. The molecule has 0 atom stereocenters. The topological polar surface area (TPSA) is 69.6 Å². The van der Waals surface area contributed by atoms with E-state index in [2.05, 4.69) is 15.1 Å². The molecule has 3 aromatic rings. The predicted molar refractivity (Wildman–Crippen MR) is 77.9 cm³/mol. The average Bonchev–Trinajstić information content (AvgIpc) is 2.83. The lowest BCUT2D eigenvalue weighted by atomic mass is 10.2. The molecule has 0 aliphatic rings. The molecule has 2 heterocycles. The van der Waals surface area contributed by atoms with Crippen LogP contribution in [-0.4, -0.2) is 19.7 Å². The van der Waals surface area contributed by atoms with Crippen molar-refractivity contribution in [1.29, 1.82) is 0 Å². The monoisotopic (exact) mass is 283 g/mol. The van der Waals surface area contributed by atoms with Crippen molar-refractivity contribution in [3.8, 4) is 11.4 Å². The summed E-state index contributed by atoms with van der Waals surface area (Å²) in [4.78, 5) is 8.46. The Morgan fingerprint density at radius 1 is 1.10 bits per heavy atom. The number of nitrogen functional groups attached to an aromatic ring is 1. The number of nitrogens with two attached hydrogens (primary N) is 1. The highest BCUT2D eigenvalue weighted by Crippen LogP contribution is 2.24. The zero-order valence-corrected chi connectivity index (χ0v) is 11.5. The largest absolute Gasteiger partial charge is 0.396 e. The van der Waals surface area contributed by atoms with Gasteiger partial charge in [-0.3, -0.25) is 14.6 Å². The minimum absolute atomic E-state index is 0.255. The van der Waals surface area contributed by atoms with E-state index in [9.17, 15) is 4.39 Å². The zero-order chi connectivity index (χ0) is 14.8. The first kappa shape index (κ1) is 13.2. The van der Waals surface area contributed by atoms with E-state index >= 15 is 0 Å². The second-order valence-corrected chi connectivity index (χ2v) is 4.75. The molecule has 0 saturated carbocycles. The van der Waals surface area contributed by atoms with Gasteiger partial charge in [0.2, 0.25) is 0 Å². The van der Waals surface area contributed by atoms with Crippen molar-refractivity contribution in [2.45, 2.75) is 13.5 Å². The molecule has 106 valence electrons. The molecule has 0 spiro atoms. The number of halogens is 1. The van der Waals surface area contributed by atoms with Gasteiger partial charge in [-0.1, -0.05) is 12.1 Å². The number of benzene rings is 1. The van der Waals surface area contributed by atoms with Crippen LogP contribution < -0.4 is 5.73 Å². The van der Waals surface area contributed by atoms with Crippen molar-refractivity contribution < 1.29 is 4.39 Å². The summed E-state index contributed by atoms with van der Waals surface area (Å²) in [6.07, 6.45) is 4.98. The second-order valence-electron chi connectivity index (χ2n) is 4.75. The van der Waals surface area contributed by atoms with E-state index < -0.39 is 0 Å². The Labute approximate surface area is 121 Å². The highest BCUT2D eigenvalue weighted by molar-refractivity contribution is 5.70. The minimum atomic E-state index is -0.255. The lowest BCUT2D eigenvalue weighted by Gasteiger charge is -2.02. The summed E-state index contributed by atoms with van der Waals surface area (Å²) in [6.45, 7) is 2.38. The van der Waals surface area contributed by atoms with Gasteiger partial charge in [-0.05, 0) is 24.6 Å². The quantitative estimate of drug-likeness (QED) is 0.801. The number of anilines is 1. The summed E-state index contributed by atoms with van der Waals surface area (Å²) in [7, 11) is 0. The molecule has 0 aliphatic carbocycles. The summed E-state index contributed by atoms with van der Waals surface area (Å²) in [6, 6.07) is 6.30. The lowest BCUT2D eigenvalue weighted by molar-refractivity contribution is 0.624. The first-order valence-electron chi connectivity index (χ1n) is 6.49. The van der Waals surface area contributed by atoms with Crippen LogP contribution in [0.15, 0.2) is 42.9 Å². The highest BCUT2D eigenvalue weighted by atomic mass is 19.1. The number of aromatic nitrogens is 4. The van der Waals surface area contributed by atoms with E-state index in [0.717, 1.165) is 11.3 Å². The van der Waals surface area contributed by atoms with Gasteiger partial charge < -0.3 is 5.73 Å². The zero-order valence-electron chi connectivity index (χ0n) is 11.5. The molecule has 0 bridgehead atoms. The molecule has 0 fully saturated rings. The number of hydrogen-bond acceptors (Lipinski definition) is 4. The van der Waals surface area contributed by atoms with E-state index in [1.165, 1.54) is 12.1 Å². The Morgan fingerprint density at radius 2 is 1.81 bits per heavy atom. The minimum Gasteiger partial charge on any atom is -0.396 e. The SMILES string of the molecule is Cc1nccnc1-c1nn(Cc2ccc(F)cc2)cc1N. The van der Waals surface area contributed by atoms with Crippen LogP contribution in [0.3, 0.4) is 0 Å². The van der Waals surface area contributed by atoms with Crippen molar-refractivity contribution in [2.75, 3.05) is 5.73 Å². The number of aryl methyl sites for hydroxylation is 1. The molecule has 2 aromatic heterocycles. The van der Waals surface area contributed by atoms with Crippen LogP contribution in [-0.2, 0) is 6.54 Å². The van der Waals surface area contributed by atoms with Gasteiger partial charge in [-0.25, -0.2) is 4.39 Å². The molecule has 0 aliphatic heterocycles. The van der Waals surface area contributed by atoms with E-state index in [4.69, 9.17) is 5.73 Å².